The molecule has 1 aromatic carbocycles. The van der Waals surface area contributed by atoms with Crippen molar-refractivity contribution in [3.05, 3.63) is 54.0 Å². The number of rotatable bonds is 7. The molecule has 0 radical (unpaired) electrons. The van der Waals surface area contributed by atoms with Gasteiger partial charge in [0.15, 0.2) is 5.76 Å². The normalized spacial score (nSPS) is 14.7. The van der Waals surface area contributed by atoms with Crippen LogP contribution < -0.4 is 4.90 Å². The minimum Gasteiger partial charge on any atom is -0.461 e. The molecular weight excluding hydrogens is 356 g/mol. The fourth-order valence-corrected chi connectivity index (χ4v) is 3.65. The number of likely N-dealkylation sites (tertiary alicyclic amines) is 1. The second kappa shape index (κ2) is 9.44. The molecule has 6 heteroatoms. The predicted molar refractivity (Wildman–Crippen MR) is 107 cm³/mol. The van der Waals surface area contributed by atoms with Crippen LogP contribution in [0.1, 0.15) is 42.8 Å². The standard InChI is InChI=1S/C22H28N2O4/c1-3-23(4-2)19-9-6-5-8-18(19)16-28-22(26)17-11-13-24(14-12-17)21(25)20-10-7-15-27-20/h5-10,15,17H,3-4,11-14,16H2,1-2H3. The van der Waals surface area contributed by atoms with Gasteiger partial charge in [0, 0.05) is 37.4 Å². The minimum absolute atomic E-state index is 0.120. The molecule has 2 heterocycles. The van der Waals surface area contributed by atoms with Gasteiger partial charge in [-0.2, -0.15) is 0 Å². The quantitative estimate of drug-likeness (QED) is 0.681. The molecule has 28 heavy (non-hydrogen) atoms. The highest BCUT2D eigenvalue weighted by Crippen LogP contribution is 2.24. The van der Waals surface area contributed by atoms with E-state index in [4.69, 9.17) is 9.15 Å². The summed E-state index contributed by atoms with van der Waals surface area (Å²) in [5, 5.41) is 0. The van der Waals surface area contributed by atoms with Crippen LogP contribution in [0.25, 0.3) is 0 Å². The molecule has 0 bridgehead atoms. The van der Waals surface area contributed by atoms with Crippen LogP contribution in [0.15, 0.2) is 47.1 Å². The number of benzene rings is 1. The van der Waals surface area contributed by atoms with Crippen LogP contribution in [0.4, 0.5) is 5.69 Å². The number of nitrogens with zero attached hydrogens (tertiary/aromatic N) is 2. The molecule has 1 saturated heterocycles. The van der Waals surface area contributed by atoms with E-state index in [0.717, 1.165) is 24.3 Å². The summed E-state index contributed by atoms with van der Waals surface area (Å²) in [6.07, 6.45) is 2.72. The van der Waals surface area contributed by atoms with E-state index in [1.807, 2.05) is 18.2 Å². The van der Waals surface area contributed by atoms with Gasteiger partial charge in [0.1, 0.15) is 6.61 Å². The summed E-state index contributed by atoms with van der Waals surface area (Å²) in [6.45, 7) is 7.39. The van der Waals surface area contributed by atoms with Crippen LogP contribution >= 0.6 is 0 Å². The van der Waals surface area contributed by atoms with Crippen molar-refractivity contribution in [2.75, 3.05) is 31.1 Å². The Morgan fingerprint density at radius 2 is 1.82 bits per heavy atom. The average Bonchev–Trinajstić information content (AvgIpc) is 3.28. The molecule has 6 nitrogen and oxygen atoms in total. The smallest absolute Gasteiger partial charge is 0.309 e. The fourth-order valence-electron chi connectivity index (χ4n) is 3.65. The molecule has 1 fully saturated rings. The Balaban J connectivity index is 1.52. The average molecular weight is 384 g/mol. The lowest BCUT2D eigenvalue weighted by molar-refractivity contribution is -0.151. The highest BCUT2D eigenvalue weighted by atomic mass is 16.5. The Morgan fingerprint density at radius 3 is 2.46 bits per heavy atom. The Hall–Kier alpha value is -2.76. The molecule has 0 aliphatic carbocycles. The lowest BCUT2D eigenvalue weighted by Gasteiger charge is -2.30. The van der Waals surface area contributed by atoms with E-state index in [1.54, 1.807) is 17.0 Å². The number of esters is 1. The topological polar surface area (TPSA) is 63.0 Å². The van der Waals surface area contributed by atoms with Gasteiger partial charge in [-0.05, 0) is 44.9 Å². The number of piperidine rings is 1. The van der Waals surface area contributed by atoms with Crippen molar-refractivity contribution in [2.45, 2.75) is 33.3 Å². The van der Waals surface area contributed by atoms with Crippen LogP contribution in [0.2, 0.25) is 0 Å². The zero-order valence-electron chi connectivity index (χ0n) is 16.6. The van der Waals surface area contributed by atoms with Gasteiger partial charge in [-0.15, -0.1) is 0 Å². The van der Waals surface area contributed by atoms with E-state index in [0.29, 0.717) is 31.7 Å². The van der Waals surface area contributed by atoms with Gasteiger partial charge in [-0.3, -0.25) is 9.59 Å². The molecule has 1 amide bonds. The molecule has 1 aromatic heterocycles. The van der Waals surface area contributed by atoms with Crippen molar-refractivity contribution in [1.82, 2.24) is 4.90 Å². The van der Waals surface area contributed by atoms with E-state index in [2.05, 4.69) is 24.8 Å². The van der Waals surface area contributed by atoms with Gasteiger partial charge in [-0.1, -0.05) is 18.2 Å². The number of carbonyl (C=O) groups is 2. The first kappa shape index (κ1) is 20.0. The Bertz CT molecular complexity index is 776. The van der Waals surface area contributed by atoms with Crippen LogP contribution in [-0.4, -0.2) is 43.0 Å². The van der Waals surface area contributed by atoms with Crippen molar-refractivity contribution >= 4 is 17.6 Å². The van der Waals surface area contributed by atoms with Crippen molar-refractivity contribution in [3.8, 4) is 0 Å². The van der Waals surface area contributed by atoms with Crippen LogP contribution in [-0.2, 0) is 16.1 Å². The Labute approximate surface area is 166 Å². The monoisotopic (exact) mass is 384 g/mol. The van der Waals surface area contributed by atoms with E-state index in [9.17, 15) is 9.59 Å². The lowest BCUT2D eigenvalue weighted by atomic mass is 9.97. The zero-order valence-corrected chi connectivity index (χ0v) is 16.6. The number of para-hydroxylation sites is 1. The van der Waals surface area contributed by atoms with Gasteiger partial charge < -0.3 is 19.0 Å². The summed E-state index contributed by atoms with van der Waals surface area (Å²) < 4.78 is 10.8. The Morgan fingerprint density at radius 1 is 1.11 bits per heavy atom. The third-order valence-corrected chi connectivity index (χ3v) is 5.31. The molecule has 1 aliphatic rings. The van der Waals surface area contributed by atoms with Crippen molar-refractivity contribution < 1.29 is 18.7 Å². The number of amides is 1. The molecule has 0 spiro atoms. The molecule has 0 saturated carbocycles. The molecule has 2 aromatic rings. The van der Waals surface area contributed by atoms with Gasteiger partial charge in [-0.25, -0.2) is 0 Å². The number of furan rings is 1. The maximum Gasteiger partial charge on any atom is 0.309 e. The van der Waals surface area contributed by atoms with Gasteiger partial charge in [0.2, 0.25) is 0 Å². The van der Waals surface area contributed by atoms with E-state index >= 15 is 0 Å². The molecule has 0 N–H and O–H groups in total. The van der Waals surface area contributed by atoms with Gasteiger partial charge in [0.05, 0.1) is 12.2 Å². The SMILES string of the molecule is CCN(CC)c1ccccc1COC(=O)C1CCN(C(=O)c2ccco2)CC1. The van der Waals surface area contributed by atoms with Gasteiger partial charge >= 0.3 is 5.97 Å². The molecule has 0 atom stereocenters. The minimum atomic E-state index is -0.181. The van der Waals surface area contributed by atoms with E-state index in [1.165, 1.54) is 6.26 Å². The molecule has 150 valence electrons. The number of carbonyl (C=O) groups excluding carboxylic acids is 2. The van der Waals surface area contributed by atoms with Crippen molar-refractivity contribution in [1.29, 1.82) is 0 Å². The van der Waals surface area contributed by atoms with Gasteiger partial charge in [0.25, 0.3) is 5.91 Å². The zero-order chi connectivity index (χ0) is 19.9. The van der Waals surface area contributed by atoms with Crippen LogP contribution in [0.5, 0.6) is 0 Å². The van der Waals surface area contributed by atoms with Crippen molar-refractivity contribution in [2.24, 2.45) is 5.92 Å². The predicted octanol–water partition coefficient (Wildman–Crippen LogP) is 3.72. The maximum atomic E-state index is 12.5. The summed E-state index contributed by atoms with van der Waals surface area (Å²) in [6, 6.07) is 11.4. The number of hydrogen-bond donors (Lipinski definition) is 0. The summed E-state index contributed by atoms with van der Waals surface area (Å²) >= 11 is 0. The number of anilines is 1. The summed E-state index contributed by atoms with van der Waals surface area (Å²) in [5.41, 5.74) is 2.13. The fraction of sp³-hybridized carbons (Fsp3) is 0.455. The largest absolute Gasteiger partial charge is 0.461 e. The summed E-state index contributed by atoms with van der Waals surface area (Å²) in [4.78, 5) is 28.8. The molecular formula is C22H28N2O4. The second-order valence-electron chi connectivity index (χ2n) is 6.95. The lowest BCUT2D eigenvalue weighted by Crippen LogP contribution is -2.40. The first-order valence-electron chi connectivity index (χ1n) is 9.96. The highest BCUT2D eigenvalue weighted by Gasteiger charge is 2.29. The summed E-state index contributed by atoms with van der Waals surface area (Å²) in [5.74, 6) is -0.125. The first-order valence-corrected chi connectivity index (χ1v) is 9.96. The van der Waals surface area contributed by atoms with Crippen molar-refractivity contribution in [3.63, 3.8) is 0 Å². The molecule has 0 unspecified atom stereocenters. The van der Waals surface area contributed by atoms with E-state index < -0.39 is 0 Å². The molecule has 1 aliphatic heterocycles. The third-order valence-electron chi connectivity index (χ3n) is 5.31. The van der Waals surface area contributed by atoms with E-state index in [-0.39, 0.29) is 24.4 Å². The first-order chi connectivity index (χ1) is 13.6. The molecule has 3 rings (SSSR count). The van der Waals surface area contributed by atoms with Crippen LogP contribution in [0, 0.1) is 5.92 Å². The highest BCUT2D eigenvalue weighted by molar-refractivity contribution is 5.91. The maximum absolute atomic E-state index is 12.5. The third kappa shape index (κ3) is 4.55. The van der Waals surface area contributed by atoms with Crippen LogP contribution in [0.3, 0.4) is 0 Å². The number of hydrogen-bond acceptors (Lipinski definition) is 5. The second-order valence-corrected chi connectivity index (χ2v) is 6.95. The number of ether oxygens (including phenoxy) is 1. The Kier molecular flexibility index (Phi) is 6.74. The summed E-state index contributed by atoms with van der Waals surface area (Å²) in [7, 11) is 0.